The number of thioether (sulfide) groups is 1. The fourth-order valence-corrected chi connectivity index (χ4v) is 4.12. The Balaban J connectivity index is 1.94. The summed E-state index contributed by atoms with van der Waals surface area (Å²) in [6.45, 7) is 7.01. The Morgan fingerprint density at radius 1 is 1.33 bits per heavy atom. The molecule has 2 rings (SSSR count). The van der Waals surface area contributed by atoms with Crippen LogP contribution in [0.5, 0.6) is 0 Å². The van der Waals surface area contributed by atoms with Crippen molar-refractivity contribution in [3.05, 3.63) is 34.3 Å². The van der Waals surface area contributed by atoms with E-state index in [0.29, 0.717) is 17.5 Å². The highest BCUT2D eigenvalue weighted by Gasteiger charge is 2.29. The second-order valence-electron chi connectivity index (χ2n) is 6.02. The predicted octanol–water partition coefficient (Wildman–Crippen LogP) is 4.63. The average molecular weight is 328 g/mol. The number of hydrogen-bond acceptors (Lipinski definition) is 2. The van der Waals surface area contributed by atoms with E-state index < -0.39 is 0 Å². The van der Waals surface area contributed by atoms with E-state index in [-0.39, 0.29) is 0 Å². The van der Waals surface area contributed by atoms with Crippen LogP contribution in [0.1, 0.15) is 38.8 Å². The van der Waals surface area contributed by atoms with Crippen molar-refractivity contribution in [2.45, 2.75) is 39.3 Å². The molecule has 0 bridgehead atoms. The summed E-state index contributed by atoms with van der Waals surface area (Å²) in [5.74, 6) is 2.53. The largest absolute Gasteiger partial charge is 0.307 e. The number of nitrogens with one attached hydrogen (secondary N) is 1. The van der Waals surface area contributed by atoms with Gasteiger partial charge in [-0.15, -0.1) is 0 Å². The van der Waals surface area contributed by atoms with E-state index >= 15 is 0 Å². The third-order valence-corrected chi connectivity index (χ3v) is 5.62. The molecule has 1 unspecified atom stereocenters. The zero-order valence-electron chi connectivity index (χ0n) is 11.4. The average Bonchev–Trinajstić information content (AvgIpc) is 2.28. The molecule has 0 aromatic heterocycles. The molecule has 1 aliphatic heterocycles. The predicted molar refractivity (Wildman–Crippen MR) is 85.2 cm³/mol. The van der Waals surface area contributed by atoms with Gasteiger partial charge in [-0.3, -0.25) is 0 Å². The molecule has 1 N–H and O–H groups in total. The maximum absolute atomic E-state index is 3.77. The lowest BCUT2D eigenvalue weighted by molar-refractivity contribution is 0.305. The topological polar surface area (TPSA) is 12.0 Å². The van der Waals surface area contributed by atoms with Crippen LogP contribution in [0.3, 0.4) is 0 Å². The highest BCUT2D eigenvalue weighted by Crippen LogP contribution is 2.34. The number of halogens is 1. The Kier molecular flexibility index (Phi) is 4.79. The standard InChI is InChI=1S/C15H22BrNS/c1-11(12-4-6-13(16)7-5-12)17-14-8-15(2,3)10-18-9-14/h4-7,11,14,17H,8-10H2,1-3H3/t11-,14?/m1/s1. The van der Waals surface area contributed by atoms with Gasteiger partial charge in [0, 0.05) is 22.3 Å². The van der Waals surface area contributed by atoms with Gasteiger partial charge in [0.15, 0.2) is 0 Å². The zero-order chi connectivity index (χ0) is 13.2. The number of rotatable bonds is 3. The lowest BCUT2D eigenvalue weighted by Gasteiger charge is -2.36. The Morgan fingerprint density at radius 3 is 2.61 bits per heavy atom. The van der Waals surface area contributed by atoms with Crippen LogP contribution >= 0.6 is 27.7 Å². The fourth-order valence-electron chi connectivity index (χ4n) is 2.57. The number of hydrogen-bond donors (Lipinski definition) is 1. The van der Waals surface area contributed by atoms with Gasteiger partial charge >= 0.3 is 0 Å². The minimum atomic E-state index is 0.428. The smallest absolute Gasteiger partial charge is 0.0294 e. The van der Waals surface area contributed by atoms with Crippen LogP contribution < -0.4 is 5.32 Å². The normalized spacial score (nSPS) is 24.8. The van der Waals surface area contributed by atoms with Gasteiger partial charge in [-0.1, -0.05) is 41.9 Å². The first-order valence-corrected chi connectivity index (χ1v) is 8.50. The summed E-state index contributed by atoms with van der Waals surface area (Å²) < 4.78 is 1.15. The van der Waals surface area contributed by atoms with Gasteiger partial charge in [-0.2, -0.15) is 11.8 Å². The van der Waals surface area contributed by atoms with Gasteiger partial charge in [0.05, 0.1) is 0 Å². The Labute approximate surface area is 123 Å². The summed E-state index contributed by atoms with van der Waals surface area (Å²) in [6, 6.07) is 9.70. The molecule has 2 atom stereocenters. The van der Waals surface area contributed by atoms with Crippen LogP contribution in [0.15, 0.2) is 28.7 Å². The molecule has 0 aliphatic carbocycles. The Hall–Kier alpha value is 0.01000. The van der Waals surface area contributed by atoms with Crippen LogP contribution in [0.4, 0.5) is 0 Å². The maximum atomic E-state index is 3.77. The summed E-state index contributed by atoms with van der Waals surface area (Å²) in [5, 5.41) is 3.77. The molecule has 1 saturated heterocycles. The van der Waals surface area contributed by atoms with Crippen LogP contribution in [0.25, 0.3) is 0 Å². The summed E-state index contributed by atoms with van der Waals surface area (Å²) in [6.07, 6.45) is 1.28. The van der Waals surface area contributed by atoms with Crippen LogP contribution in [0.2, 0.25) is 0 Å². The van der Waals surface area contributed by atoms with Crippen molar-refractivity contribution >= 4 is 27.7 Å². The highest BCUT2D eigenvalue weighted by molar-refractivity contribution is 9.10. The molecule has 1 aromatic carbocycles. The van der Waals surface area contributed by atoms with Crippen molar-refractivity contribution < 1.29 is 0 Å². The fraction of sp³-hybridized carbons (Fsp3) is 0.600. The summed E-state index contributed by atoms with van der Waals surface area (Å²) in [7, 11) is 0. The lowest BCUT2D eigenvalue weighted by Crippen LogP contribution is -2.41. The van der Waals surface area contributed by atoms with E-state index in [4.69, 9.17) is 0 Å². The lowest BCUT2D eigenvalue weighted by atomic mass is 9.87. The molecule has 1 aromatic rings. The quantitative estimate of drug-likeness (QED) is 0.868. The van der Waals surface area contributed by atoms with Gasteiger partial charge in [0.2, 0.25) is 0 Å². The van der Waals surface area contributed by atoms with E-state index in [2.05, 4.69) is 78.0 Å². The molecule has 100 valence electrons. The molecule has 3 heteroatoms. The summed E-state index contributed by atoms with van der Waals surface area (Å²) in [5.41, 5.74) is 1.84. The van der Waals surface area contributed by atoms with Gasteiger partial charge < -0.3 is 5.32 Å². The molecule has 0 saturated carbocycles. The SMILES string of the molecule is C[C@@H](NC1CSCC(C)(C)C1)c1ccc(Br)cc1. The van der Waals surface area contributed by atoms with Crippen molar-refractivity contribution in [3.63, 3.8) is 0 Å². The molecule has 0 amide bonds. The maximum Gasteiger partial charge on any atom is 0.0294 e. The molecule has 1 heterocycles. The van der Waals surface area contributed by atoms with Crippen LogP contribution in [-0.4, -0.2) is 17.5 Å². The third-order valence-electron chi connectivity index (χ3n) is 3.47. The van der Waals surface area contributed by atoms with Crippen molar-refractivity contribution in [1.29, 1.82) is 0 Å². The van der Waals surface area contributed by atoms with E-state index in [1.807, 2.05) is 0 Å². The molecular weight excluding hydrogens is 306 g/mol. The molecule has 1 fully saturated rings. The van der Waals surface area contributed by atoms with Crippen molar-refractivity contribution in [3.8, 4) is 0 Å². The first-order valence-electron chi connectivity index (χ1n) is 6.55. The van der Waals surface area contributed by atoms with E-state index in [9.17, 15) is 0 Å². The first-order chi connectivity index (χ1) is 8.46. The zero-order valence-corrected chi connectivity index (χ0v) is 13.8. The van der Waals surface area contributed by atoms with Gasteiger partial charge in [-0.25, -0.2) is 0 Å². The minimum absolute atomic E-state index is 0.428. The van der Waals surface area contributed by atoms with Gasteiger partial charge in [0.25, 0.3) is 0 Å². The molecule has 18 heavy (non-hydrogen) atoms. The second kappa shape index (κ2) is 5.98. The summed E-state index contributed by atoms with van der Waals surface area (Å²) >= 11 is 5.56. The van der Waals surface area contributed by atoms with Crippen LogP contribution in [-0.2, 0) is 0 Å². The van der Waals surface area contributed by atoms with E-state index in [1.165, 1.54) is 23.5 Å². The monoisotopic (exact) mass is 327 g/mol. The number of benzene rings is 1. The molecule has 1 nitrogen and oxygen atoms in total. The van der Waals surface area contributed by atoms with Gasteiger partial charge in [0.1, 0.15) is 0 Å². The minimum Gasteiger partial charge on any atom is -0.307 e. The first kappa shape index (κ1) is 14.4. The Bertz CT molecular complexity index is 388. The Morgan fingerprint density at radius 2 is 2.00 bits per heavy atom. The van der Waals surface area contributed by atoms with Crippen LogP contribution in [0, 0.1) is 5.41 Å². The van der Waals surface area contributed by atoms with Gasteiger partial charge in [-0.05, 0) is 42.2 Å². The van der Waals surface area contributed by atoms with Crippen molar-refractivity contribution in [2.75, 3.05) is 11.5 Å². The third kappa shape index (κ3) is 4.01. The second-order valence-corrected chi connectivity index (χ2v) is 7.97. The van der Waals surface area contributed by atoms with E-state index in [1.54, 1.807) is 0 Å². The van der Waals surface area contributed by atoms with Crippen molar-refractivity contribution in [2.24, 2.45) is 5.41 Å². The molecule has 0 radical (unpaired) electrons. The molecular formula is C15H22BrNS. The van der Waals surface area contributed by atoms with E-state index in [0.717, 1.165) is 4.47 Å². The molecule has 0 spiro atoms. The van der Waals surface area contributed by atoms with Crippen molar-refractivity contribution in [1.82, 2.24) is 5.32 Å². The molecule has 1 aliphatic rings. The highest BCUT2D eigenvalue weighted by atomic mass is 79.9. The summed E-state index contributed by atoms with van der Waals surface area (Å²) in [4.78, 5) is 0.